The largest absolute Gasteiger partial charge is 2.00 e. The Kier molecular flexibility index (Phi) is 153. The van der Waals surface area contributed by atoms with E-state index in [9.17, 15) is 0 Å². The number of hydrogen-bond acceptors (Lipinski definition) is 2. The number of rotatable bonds is 0. The van der Waals surface area contributed by atoms with Gasteiger partial charge in [-0.05, 0) is 0 Å². The van der Waals surface area contributed by atoms with E-state index in [1.54, 1.807) is 0 Å². The van der Waals surface area contributed by atoms with Gasteiger partial charge in [0, 0.05) is 0 Å². The van der Waals surface area contributed by atoms with Crippen molar-refractivity contribution >= 4 is 56.1 Å². The molecule has 5 heteroatoms. The molecule has 2 nitrogen and oxygen atoms in total. The molecule has 0 amide bonds. The summed E-state index contributed by atoms with van der Waals surface area (Å²) in [5, 5.41) is 0. The molecule has 0 aliphatic carbocycles. The van der Waals surface area contributed by atoms with Crippen molar-refractivity contribution < 1.29 is 6.87 Å². The van der Waals surface area contributed by atoms with Gasteiger partial charge in [-0.15, -0.1) is 0 Å². The summed E-state index contributed by atoms with van der Waals surface area (Å²) in [4.78, 5) is 0. The zero-order valence-corrected chi connectivity index (χ0v) is 6.59. The summed E-state index contributed by atoms with van der Waals surface area (Å²) in [6.07, 6.45) is 0. The van der Waals surface area contributed by atoms with Gasteiger partial charge in [0.05, 0.1) is 0 Å². The maximum Gasteiger partial charge on any atom is 2.00 e. The van der Waals surface area contributed by atoms with E-state index in [-0.39, 0.29) is 10.1 Å². The molecule has 0 radical (unpaired) electrons. The topological polar surface area (TPSA) is 46.1 Å². The van der Waals surface area contributed by atoms with Crippen molar-refractivity contribution in [1.29, 1.82) is 0 Å². The molecule has 0 fully saturated rings. The van der Waals surface area contributed by atoms with Crippen LogP contribution in [0, 0.1) is 0 Å². The molecule has 28 valence electrons. The first-order chi connectivity index (χ1) is 2.00. The molecule has 5 heavy (non-hydrogen) atoms. The normalized spacial score (nSPS) is 2.40. The van der Waals surface area contributed by atoms with Crippen LogP contribution in [-0.2, 0) is 0 Å². The van der Waals surface area contributed by atoms with Gasteiger partial charge in [-0.3, -0.25) is 0 Å². The summed E-state index contributed by atoms with van der Waals surface area (Å²) < 4.78 is 16.4. The maximum absolute atomic E-state index is 8.22. The monoisotopic (exact) mass is 295 g/mol. The summed E-state index contributed by atoms with van der Waals surface area (Å²) in [6, 6.07) is 0. The molecule has 0 aromatic heterocycles. The van der Waals surface area contributed by atoms with Gasteiger partial charge in [-0.2, -0.15) is 0 Å². The van der Waals surface area contributed by atoms with Crippen LogP contribution in [0.5, 0.6) is 0 Å². The second-order valence-corrected chi connectivity index (χ2v) is 0. The molecule has 0 spiro atoms. The van der Waals surface area contributed by atoms with E-state index in [1.165, 1.54) is 0 Å². The molecule has 0 aliphatic rings. The molecular weight excluding hydrogens is 295 g/mol. The van der Waals surface area contributed by atoms with Gasteiger partial charge in [-0.1, -0.05) is 0 Å². The van der Waals surface area contributed by atoms with E-state index in [4.69, 9.17) is 6.87 Å². The Balaban J connectivity index is -0.0000000133. The van der Waals surface area contributed by atoms with Crippen LogP contribution >= 0.6 is 46.0 Å². The molecular formula is BeI2O2. The van der Waals surface area contributed by atoms with Crippen LogP contribution in [-0.4, -0.2) is 10.1 Å². The minimum atomic E-state index is 0. The van der Waals surface area contributed by atoms with Crippen LogP contribution in [0.3, 0.4) is 0 Å². The van der Waals surface area contributed by atoms with Gasteiger partial charge in [-0.25, -0.2) is 46.0 Å². The summed E-state index contributed by atoms with van der Waals surface area (Å²) in [5.41, 5.74) is 0. The van der Waals surface area contributed by atoms with E-state index in [1.807, 2.05) is 0 Å². The molecule has 0 aromatic carbocycles. The van der Waals surface area contributed by atoms with Crippen molar-refractivity contribution in [1.82, 2.24) is 0 Å². The Morgan fingerprint density at radius 1 is 0.800 bits per heavy atom. The molecule has 0 aliphatic heterocycles. The standard InChI is InChI=1S/Be.2IO/c;2*1-2/q+2;2*-1. The number of halogens is 2. The first kappa shape index (κ1) is 16.0. The molecule has 0 rings (SSSR count). The van der Waals surface area contributed by atoms with E-state index in [0.29, 0.717) is 0 Å². The van der Waals surface area contributed by atoms with Crippen molar-refractivity contribution in [3.05, 3.63) is 0 Å². The van der Waals surface area contributed by atoms with E-state index >= 15 is 0 Å². The van der Waals surface area contributed by atoms with Gasteiger partial charge in [0.25, 0.3) is 0 Å². The molecule has 0 atom stereocenters. The van der Waals surface area contributed by atoms with Gasteiger partial charge < -0.3 is 6.87 Å². The Bertz CT molecular complexity index is 7.61. The molecule has 0 heterocycles. The van der Waals surface area contributed by atoms with Gasteiger partial charge >= 0.3 is 10.1 Å². The predicted octanol–water partition coefficient (Wildman–Crippen LogP) is -0.987. The van der Waals surface area contributed by atoms with Crippen molar-refractivity contribution in [2.75, 3.05) is 0 Å². The van der Waals surface area contributed by atoms with Gasteiger partial charge in [0.2, 0.25) is 0 Å². The first-order valence-corrected chi connectivity index (χ1v) is 2.07. The number of hydrogen-bond donors (Lipinski definition) is 0. The molecule has 0 bridgehead atoms. The summed E-state index contributed by atoms with van der Waals surface area (Å²) in [7, 11) is 0. The third-order valence-corrected chi connectivity index (χ3v) is 0. The van der Waals surface area contributed by atoms with Crippen LogP contribution in [0.1, 0.15) is 0 Å². The fourth-order valence-electron chi connectivity index (χ4n) is 0. The Morgan fingerprint density at radius 2 is 0.800 bits per heavy atom. The van der Waals surface area contributed by atoms with E-state index in [0.717, 1.165) is 46.0 Å². The van der Waals surface area contributed by atoms with Crippen LogP contribution in [0.15, 0.2) is 0 Å². The molecule has 0 saturated carbocycles. The third kappa shape index (κ3) is 29.1. The average molecular weight is 295 g/mol. The zero-order chi connectivity index (χ0) is 4.00. The predicted molar refractivity (Wildman–Crippen MR) is 33.8 cm³/mol. The Labute approximate surface area is 62.6 Å². The van der Waals surface area contributed by atoms with Gasteiger partial charge in [0.1, 0.15) is 0 Å². The fraction of sp³-hybridized carbons (Fsp3) is 0. The summed E-state index contributed by atoms with van der Waals surface area (Å²) >= 11 is 1.80. The summed E-state index contributed by atoms with van der Waals surface area (Å²) in [5.74, 6) is 0. The van der Waals surface area contributed by atoms with Crippen molar-refractivity contribution in [2.24, 2.45) is 0 Å². The van der Waals surface area contributed by atoms with Crippen LogP contribution in [0.2, 0.25) is 0 Å². The van der Waals surface area contributed by atoms with E-state index < -0.39 is 0 Å². The summed E-state index contributed by atoms with van der Waals surface area (Å²) in [6.45, 7) is 0. The maximum atomic E-state index is 8.22. The molecule has 0 unspecified atom stereocenters. The SMILES string of the molecule is [Be+2].[O-]I.[O-]I. The molecule has 0 N–H and O–H groups in total. The van der Waals surface area contributed by atoms with Crippen LogP contribution in [0.25, 0.3) is 0 Å². The zero-order valence-electron chi connectivity index (χ0n) is 2.28. The second kappa shape index (κ2) is 47.9. The third-order valence-electron chi connectivity index (χ3n) is 0. The molecule has 0 saturated heterocycles. The Hall–Kier alpha value is 1.55. The second-order valence-electron chi connectivity index (χ2n) is 0. The minimum absolute atomic E-state index is 0. The van der Waals surface area contributed by atoms with Gasteiger partial charge in [0.15, 0.2) is 0 Å². The average Bonchev–Trinajstić information content (AvgIpc) is 1.50. The first-order valence-electron chi connectivity index (χ1n) is 0.309. The quantitative estimate of drug-likeness (QED) is 0.426. The van der Waals surface area contributed by atoms with Crippen molar-refractivity contribution in [3.8, 4) is 0 Å². The smallest absolute Gasteiger partial charge is 0.795 e. The fourth-order valence-corrected chi connectivity index (χ4v) is 0. The Morgan fingerprint density at radius 3 is 0.800 bits per heavy atom. The van der Waals surface area contributed by atoms with Crippen LogP contribution in [0.4, 0.5) is 0 Å². The van der Waals surface area contributed by atoms with Crippen LogP contribution < -0.4 is 6.87 Å². The van der Waals surface area contributed by atoms with Crippen molar-refractivity contribution in [2.45, 2.75) is 0 Å². The minimum Gasteiger partial charge on any atom is -0.795 e. The van der Waals surface area contributed by atoms with Crippen molar-refractivity contribution in [3.63, 3.8) is 0 Å². The van der Waals surface area contributed by atoms with E-state index in [2.05, 4.69) is 0 Å². The molecule has 0 aromatic rings.